The van der Waals surface area contributed by atoms with Gasteiger partial charge in [0.15, 0.2) is 11.5 Å². The molecule has 1 aromatic carbocycles. The van der Waals surface area contributed by atoms with Gasteiger partial charge < -0.3 is 14.8 Å². The molecular formula is C16H26N2O2S. The lowest BCUT2D eigenvalue weighted by Gasteiger charge is -2.39. The van der Waals surface area contributed by atoms with Gasteiger partial charge >= 0.3 is 0 Å². The number of thioether (sulfide) groups is 1. The molecule has 0 unspecified atom stereocenters. The monoisotopic (exact) mass is 310 g/mol. The molecule has 0 spiro atoms. The number of nitrogens with zero attached hydrogens (tertiary/aromatic N) is 1. The number of hydrogen-bond donors (Lipinski definition) is 1. The maximum absolute atomic E-state index is 5.44. The highest BCUT2D eigenvalue weighted by atomic mass is 32.2. The van der Waals surface area contributed by atoms with Crippen molar-refractivity contribution in [3.05, 3.63) is 17.7 Å². The fraction of sp³-hybridized carbons (Fsp3) is 0.625. The van der Waals surface area contributed by atoms with Crippen LogP contribution >= 0.6 is 11.8 Å². The van der Waals surface area contributed by atoms with Crippen LogP contribution in [-0.4, -0.2) is 50.5 Å². The molecule has 0 radical (unpaired) electrons. The second-order valence-electron chi connectivity index (χ2n) is 6.04. The van der Waals surface area contributed by atoms with Crippen LogP contribution in [0.3, 0.4) is 0 Å². The van der Waals surface area contributed by atoms with Crippen LogP contribution in [-0.2, 0) is 6.54 Å². The third-order valence-corrected chi connectivity index (χ3v) is 4.65. The fourth-order valence-electron chi connectivity index (χ4n) is 2.84. The van der Waals surface area contributed by atoms with E-state index in [1.807, 2.05) is 0 Å². The van der Waals surface area contributed by atoms with E-state index in [2.05, 4.69) is 42.5 Å². The molecule has 1 aliphatic rings. The molecule has 0 saturated carbocycles. The minimum Gasteiger partial charge on any atom is -0.493 e. The Morgan fingerprint density at radius 2 is 1.90 bits per heavy atom. The smallest absolute Gasteiger partial charge is 0.161 e. The maximum Gasteiger partial charge on any atom is 0.161 e. The molecule has 0 bridgehead atoms. The van der Waals surface area contributed by atoms with E-state index in [0.717, 1.165) is 37.7 Å². The van der Waals surface area contributed by atoms with Gasteiger partial charge in [-0.05, 0) is 37.8 Å². The summed E-state index contributed by atoms with van der Waals surface area (Å²) in [6, 6.07) is 4.19. The molecule has 0 amide bonds. The first-order chi connectivity index (χ1) is 9.99. The average Bonchev–Trinajstić information content (AvgIpc) is 2.45. The molecule has 1 saturated heterocycles. The molecule has 1 N–H and O–H groups in total. The van der Waals surface area contributed by atoms with Crippen LogP contribution in [0.1, 0.15) is 19.4 Å². The molecule has 1 fully saturated rings. The molecule has 4 nitrogen and oxygen atoms in total. The van der Waals surface area contributed by atoms with Crippen molar-refractivity contribution in [2.24, 2.45) is 0 Å². The summed E-state index contributed by atoms with van der Waals surface area (Å²) >= 11 is 1.75. The van der Waals surface area contributed by atoms with E-state index >= 15 is 0 Å². The van der Waals surface area contributed by atoms with E-state index in [0.29, 0.717) is 0 Å². The van der Waals surface area contributed by atoms with Gasteiger partial charge in [-0.2, -0.15) is 0 Å². The number of ether oxygens (including phenoxy) is 2. The first-order valence-electron chi connectivity index (χ1n) is 7.25. The number of methoxy groups -OCH3 is 2. The molecule has 0 atom stereocenters. The van der Waals surface area contributed by atoms with Gasteiger partial charge in [-0.3, -0.25) is 4.90 Å². The normalized spacial score (nSPS) is 18.5. The lowest BCUT2D eigenvalue weighted by atomic mass is 10.0. The Morgan fingerprint density at radius 1 is 1.24 bits per heavy atom. The molecule has 2 rings (SSSR count). The summed E-state index contributed by atoms with van der Waals surface area (Å²) in [5.74, 6) is 1.60. The van der Waals surface area contributed by atoms with Gasteiger partial charge in [0, 0.05) is 36.6 Å². The lowest BCUT2D eigenvalue weighted by Crippen LogP contribution is -2.56. The van der Waals surface area contributed by atoms with E-state index in [9.17, 15) is 0 Å². The van der Waals surface area contributed by atoms with E-state index in [1.54, 1.807) is 26.0 Å². The Balaban J connectivity index is 2.22. The minimum atomic E-state index is 0.175. The van der Waals surface area contributed by atoms with Crippen molar-refractivity contribution in [2.75, 3.05) is 40.1 Å². The summed E-state index contributed by atoms with van der Waals surface area (Å²) < 4.78 is 10.8. The molecule has 0 aliphatic carbocycles. The highest BCUT2D eigenvalue weighted by Crippen LogP contribution is 2.35. The van der Waals surface area contributed by atoms with Gasteiger partial charge in [0.25, 0.3) is 0 Å². The summed E-state index contributed by atoms with van der Waals surface area (Å²) in [7, 11) is 3.37. The van der Waals surface area contributed by atoms with Crippen LogP contribution in [0, 0.1) is 0 Å². The van der Waals surface area contributed by atoms with E-state index in [-0.39, 0.29) is 5.54 Å². The predicted molar refractivity (Wildman–Crippen MR) is 88.7 cm³/mol. The Bertz CT molecular complexity index is 491. The molecule has 118 valence electrons. The topological polar surface area (TPSA) is 33.7 Å². The van der Waals surface area contributed by atoms with Crippen molar-refractivity contribution in [3.8, 4) is 11.5 Å². The second-order valence-corrected chi connectivity index (χ2v) is 6.89. The zero-order chi connectivity index (χ0) is 15.5. The summed E-state index contributed by atoms with van der Waals surface area (Å²) in [5, 5.41) is 3.55. The Kier molecular flexibility index (Phi) is 5.41. The SMILES string of the molecule is COc1cc(CN2CCNC(C)(C)C2)c(SC)cc1OC. The molecule has 0 aromatic heterocycles. The summed E-state index contributed by atoms with van der Waals surface area (Å²) in [6.07, 6.45) is 2.10. The molecule has 5 heteroatoms. The number of benzene rings is 1. The van der Waals surface area contributed by atoms with Crippen molar-refractivity contribution in [1.29, 1.82) is 0 Å². The fourth-order valence-corrected chi connectivity index (χ4v) is 3.45. The number of hydrogen-bond acceptors (Lipinski definition) is 5. The van der Waals surface area contributed by atoms with Gasteiger partial charge in [-0.25, -0.2) is 0 Å². The van der Waals surface area contributed by atoms with E-state index < -0.39 is 0 Å². The van der Waals surface area contributed by atoms with Crippen molar-refractivity contribution < 1.29 is 9.47 Å². The quantitative estimate of drug-likeness (QED) is 0.846. The van der Waals surface area contributed by atoms with Gasteiger partial charge in [0.1, 0.15) is 0 Å². The van der Waals surface area contributed by atoms with Gasteiger partial charge in [-0.1, -0.05) is 0 Å². The van der Waals surface area contributed by atoms with Crippen molar-refractivity contribution in [2.45, 2.75) is 30.8 Å². The van der Waals surface area contributed by atoms with Gasteiger partial charge in [-0.15, -0.1) is 11.8 Å². The number of piperazine rings is 1. The van der Waals surface area contributed by atoms with Crippen molar-refractivity contribution in [3.63, 3.8) is 0 Å². The maximum atomic E-state index is 5.44. The number of nitrogens with one attached hydrogen (secondary N) is 1. The van der Waals surface area contributed by atoms with Gasteiger partial charge in [0.05, 0.1) is 14.2 Å². The minimum absolute atomic E-state index is 0.175. The van der Waals surface area contributed by atoms with Crippen LogP contribution < -0.4 is 14.8 Å². The average molecular weight is 310 g/mol. The highest BCUT2D eigenvalue weighted by Gasteiger charge is 2.26. The van der Waals surface area contributed by atoms with Crippen LogP contribution in [0.2, 0.25) is 0 Å². The standard InChI is InChI=1S/C16H26N2O2S/c1-16(2)11-18(7-6-17-16)10-12-8-13(19-3)14(20-4)9-15(12)21-5/h8-9,17H,6-7,10-11H2,1-5H3. The van der Waals surface area contributed by atoms with Crippen LogP contribution in [0.15, 0.2) is 17.0 Å². The summed E-state index contributed by atoms with van der Waals surface area (Å²) in [6.45, 7) is 8.61. The zero-order valence-corrected chi connectivity index (χ0v) is 14.5. The summed E-state index contributed by atoms with van der Waals surface area (Å²) in [4.78, 5) is 3.75. The molecular weight excluding hydrogens is 284 g/mol. The van der Waals surface area contributed by atoms with Gasteiger partial charge in [0.2, 0.25) is 0 Å². The number of rotatable bonds is 5. The zero-order valence-electron chi connectivity index (χ0n) is 13.7. The molecule has 1 heterocycles. The van der Waals surface area contributed by atoms with Crippen molar-refractivity contribution in [1.82, 2.24) is 10.2 Å². The Hall–Kier alpha value is -0.910. The first-order valence-corrected chi connectivity index (χ1v) is 8.48. The Morgan fingerprint density at radius 3 is 2.48 bits per heavy atom. The highest BCUT2D eigenvalue weighted by molar-refractivity contribution is 7.98. The first kappa shape index (κ1) is 16.5. The lowest BCUT2D eigenvalue weighted by molar-refractivity contribution is 0.147. The van der Waals surface area contributed by atoms with Crippen LogP contribution in [0.4, 0.5) is 0 Å². The van der Waals surface area contributed by atoms with Crippen LogP contribution in [0.25, 0.3) is 0 Å². The third kappa shape index (κ3) is 4.05. The molecule has 1 aromatic rings. The molecule has 1 aliphatic heterocycles. The third-order valence-electron chi connectivity index (χ3n) is 3.83. The van der Waals surface area contributed by atoms with Crippen molar-refractivity contribution >= 4 is 11.8 Å². The Labute approximate surface area is 132 Å². The van der Waals surface area contributed by atoms with E-state index in [1.165, 1.54) is 10.5 Å². The molecule has 21 heavy (non-hydrogen) atoms. The largest absolute Gasteiger partial charge is 0.493 e. The summed E-state index contributed by atoms with van der Waals surface area (Å²) in [5.41, 5.74) is 1.48. The van der Waals surface area contributed by atoms with E-state index in [4.69, 9.17) is 9.47 Å². The predicted octanol–water partition coefficient (Wildman–Crippen LogP) is 2.61. The second kappa shape index (κ2) is 6.90. The van der Waals surface area contributed by atoms with Crippen LogP contribution in [0.5, 0.6) is 11.5 Å².